The monoisotopic (exact) mass is 309 g/mol. The lowest BCUT2D eigenvalue weighted by Crippen LogP contribution is -2.23. The van der Waals surface area contributed by atoms with E-state index in [2.05, 4.69) is 11.4 Å². The van der Waals surface area contributed by atoms with Gasteiger partial charge in [0.05, 0.1) is 6.04 Å². The minimum atomic E-state index is -0.931. The van der Waals surface area contributed by atoms with E-state index >= 15 is 0 Å². The fourth-order valence-corrected chi connectivity index (χ4v) is 2.81. The summed E-state index contributed by atoms with van der Waals surface area (Å²) in [6.07, 6.45) is 0. The molecule has 2 aromatic carbocycles. The lowest BCUT2D eigenvalue weighted by atomic mass is 9.95. The fourth-order valence-electron chi connectivity index (χ4n) is 2.55. The van der Waals surface area contributed by atoms with Gasteiger partial charge in [0.25, 0.3) is 0 Å². The molecule has 4 heteroatoms. The average molecular weight is 310 g/mol. The zero-order valence-electron chi connectivity index (χ0n) is 12.3. The van der Waals surface area contributed by atoms with Crippen molar-refractivity contribution in [1.29, 1.82) is 0 Å². The Morgan fingerprint density at radius 3 is 2.14 bits per heavy atom. The highest BCUT2D eigenvalue weighted by Gasteiger charge is 2.19. The number of aryl methyl sites for hydroxylation is 2. The first kappa shape index (κ1) is 15.9. The van der Waals surface area contributed by atoms with Gasteiger partial charge in [-0.15, -0.1) is 0 Å². The Hall–Kier alpha value is -1.45. The van der Waals surface area contributed by atoms with Gasteiger partial charge in [-0.2, -0.15) is 0 Å². The number of hydrogen-bond acceptors (Lipinski definition) is 1. The van der Waals surface area contributed by atoms with E-state index in [-0.39, 0.29) is 11.1 Å². The minimum Gasteiger partial charge on any atom is -0.306 e. The third kappa shape index (κ3) is 3.60. The molecule has 0 bridgehead atoms. The summed E-state index contributed by atoms with van der Waals surface area (Å²) in [5, 5.41) is 3.50. The van der Waals surface area contributed by atoms with Crippen LogP contribution in [0.3, 0.4) is 0 Å². The standard InChI is InChI=1S/C17H18ClF2N/c1-4-21-17(12-6-10(2)5-11(3)7-12)13-8-15(19)16(20)9-14(13)18/h5-9,17,21H,4H2,1-3H3. The van der Waals surface area contributed by atoms with Crippen molar-refractivity contribution in [3.8, 4) is 0 Å². The molecule has 0 saturated carbocycles. The largest absolute Gasteiger partial charge is 0.306 e. The quantitative estimate of drug-likeness (QED) is 0.789. The topological polar surface area (TPSA) is 12.0 Å². The van der Waals surface area contributed by atoms with E-state index in [1.165, 1.54) is 6.07 Å². The summed E-state index contributed by atoms with van der Waals surface area (Å²) in [4.78, 5) is 0. The molecule has 0 amide bonds. The second-order valence-corrected chi connectivity index (χ2v) is 5.61. The molecule has 1 atom stereocenters. The molecule has 2 rings (SSSR count). The first-order chi connectivity index (χ1) is 9.92. The van der Waals surface area contributed by atoms with Crippen LogP contribution in [-0.2, 0) is 0 Å². The van der Waals surface area contributed by atoms with Crippen molar-refractivity contribution in [2.24, 2.45) is 0 Å². The fraction of sp³-hybridized carbons (Fsp3) is 0.294. The van der Waals surface area contributed by atoms with Gasteiger partial charge in [-0.3, -0.25) is 0 Å². The van der Waals surface area contributed by atoms with Crippen LogP contribution in [0, 0.1) is 25.5 Å². The number of benzene rings is 2. The van der Waals surface area contributed by atoms with Crippen LogP contribution >= 0.6 is 11.6 Å². The van der Waals surface area contributed by atoms with Crippen molar-refractivity contribution in [2.75, 3.05) is 6.54 Å². The normalized spacial score (nSPS) is 12.5. The van der Waals surface area contributed by atoms with Crippen molar-refractivity contribution < 1.29 is 8.78 Å². The molecular weight excluding hydrogens is 292 g/mol. The van der Waals surface area contributed by atoms with E-state index in [0.29, 0.717) is 12.1 Å². The van der Waals surface area contributed by atoms with Crippen LogP contribution in [0.5, 0.6) is 0 Å². The van der Waals surface area contributed by atoms with Gasteiger partial charge in [-0.1, -0.05) is 47.9 Å². The Bertz CT molecular complexity index is 635. The molecular formula is C17H18ClF2N. The molecule has 1 nitrogen and oxygen atoms in total. The third-order valence-electron chi connectivity index (χ3n) is 3.34. The first-order valence-corrected chi connectivity index (χ1v) is 7.26. The van der Waals surface area contributed by atoms with Gasteiger partial charge < -0.3 is 5.32 Å². The van der Waals surface area contributed by atoms with Crippen LogP contribution in [0.25, 0.3) is 0 Å². The highest BCUT2D eigenvalue weighted by Crippen LogP contribution is 2.31. The van der Waals surface area contributed by atoms with Crippen LogP contribution in [0.15, 0.2) is 30.3 Å². The molecule has 1 unspecified atom stereocenters. The molecule has 21 heavy (non-hydrogen) atoms. The summed E-state index contributed by atoms with van der Waals surface area (Å²) >= 11 is 6.11. The maximum absolute atomic E-state index is 13.6. The van der Waals surface area contributed by atoms with Crippen LogP contribution in [0.1, 0.15) is 35.2 Å². The molecule has 2 aromatic rings. The zero-order chi connectivity index (χ0) is 15.6. The summed E-state index contributed by atoms with van der Waals surface area (Å²) < 4.78 is 26.8. The van der Waals surface area contributed by atoms with Gasteiger partial charge in [-0.25, -0.2) is 8.78 Å². The van der Waals surface area contributed by atoms with E-state index in [0.717, 1.165) is 22.8 Å². The second kappa shape index (κ2) is 6.54. The average Bonchev–Trinajstić information content (AvgIpc) is 2.39. The Balaban J connectivity index is 2.55. The molecule has 0 radical (unpaired) electrons. The molecule has 0 fully saturated rings. The van der Waals surface area contributed by atoms with Gasteiger partial charge in [0, 0.05) is 5.02 Å². The summed E-state index contributed by atoms with van der Waals surface area (Å²) in [6, 6.07) is 8.05. The van der Waals surface area contributed by atoms with E-state index in [4.69, 9.17) is 11.6 Å². The predicted molar refractivity (Wildman–Crippen MR) is 82.8 cm³/mol. The first-order valence-electron chi connectivity index (χ1n) is 6.88. The van der Waals surface area contributed by atoms with E-state index < -0.39 is 11.6 Å². The highest BCUT2D eigenvalue weighted by molar-refractivity contribution is 6.31. The lowest BCUT2D eigenvalue weighted by molar-refractivity contribution is 0.504. The smallest absolute Gasteiger partial charge is 0.160 e. The highest BCUT2D eigenvalue weighted by atomic mass is 35.5. The molecule has 0 heterocycles. The van der Waals surface area contributed by atoms with Crippen molar-refractivity contribution in [3.05, 3.63) is 69.2 Å². The van der Waals surface area contributed by atoms with E-state index in [1.54, 1.807) is 0 Å². The predicted octanol–water partition coefficient (Wildman–Crippen LogP) is 4.93. The maximum Gasteiger partial charge on any atom is 0.160 e. The van der Waals surface area contributed by atoms with Crippen molar-refractivity contribution in [1.82, 2.24) is 5.32 Å². The van der Waals surface area contributed by atoms with Gasteiger partial charge in [0.1, 0.15) is 0 Å². The summed E-state index contributed by atoms with van der Waals surface area (Å²) in [7, 11) is 0. The molecule has 1 N–H and O–H groups in total. The van der Waals surface area contributed by atoms with Gasteiger partial charge in [-0.05, 0) is 43.7 Å². The van der Waals surface area contributed by atoms with Crippen LogP contribution < -0.4 is 5.32 Å². The summed E-state index contributed by atoms with van der Waals surface area (Å²) in [6.45, 7) is 6.66. The molecule has 0 aromatic heterocycles. The molecule has 0 saturated heterocycles. The van der Waals surface area contributed by atoms with Gasteiger partial charge in [0.15, 0.2) is 11.6 Å². The van der Waals surface area contributed by atoms with E-state index in [9.17, 15) is 8.78 Å². The number of rotatable bonds is 4. The SMILES string of the molecule is CCNC(c1cc(C)cc(C)c1)c1cc(F)c(F)cc1Cl. The van der Waals surface area contributed by atoms with Gasteiger partial charge >= 0.3 is 0 Å². The Kier molecular flexibility index (Phi) is 4.96. The van der Waals surface area contributed by atoms with E-state index in [1.807, 2.05) is 32.9 Å². The summed E-state index contributed by atoms with van der Waals surface area (Å²) in [5.41, 5.74) is 3.77. The van der Waals surface area contributed by atoms with Crippen molar-refractivity contribution in [2.45, 2.75) is 26.8 Å². The molecule has 112 valence electrons. The Labute approximate surface area is 128 Å². The zero-order valence-corrected chi connectivity index (χ0v) is 13.1. The van der Waals surface area contributed by atoms with Crippen LogP contribution in [0.4, 0.5) is 8.78 Å². The molecule has 0 aliphatic rings. The number of hydrogen-bond donors (Lipinski definition) is 1. The van der Waals surface area contributed by atoms with Gasteiger partial charge in [0.2, 0.25) is 0 Å². The molecule has 0 spiro atoms. The van der Waals surface area contributed by atoms with Crippen molar-refractivity contribution >= 4 is 11.6 Å². The maximum atomic E-state index is 13.6. The van der Waals surface area contributed by atoms with Crippen LogP contribution in [0.2, 0.25) is 5.02 Å². The summed E-state index contributed by atoms with van der Waals surface area (Å²) in [5.74, 6) is -1.82. The lowest BCUT2D eigenvalue weighted by Gasteiger charge is -2.21. The number of halogens is 3. The van der Waals surface area contributed by atoms with Crippen LogP contribution in [-0.4, -0.2) is 6.54 Å². The minimum absolute atomic E-state index is 0.221. The second-order valence-electron chi connectivity index (χ2n) is 5.20. The molecule has 0 aliphatic carbocycles. The molecule has 0 aliphatic heterocycles. The Morgan fingerprint density at radius 2 is 1.57 bits per heavy atom. The van der Waals surface area contributed by atoms with Crippen molar-refractivity contribution in [3.63, 3.8) is 0 Å². The number of nitrogens with one attached hydrogen (secondary N) is 1. The Morgan fingerprint density at radius 1 is 1.00 bits per heavy atom. The third-order valence-corrected chi connectivity index (χ3v) is 3.66.